The van der Waals surface area contributed by atoms with Crippen molar-refractivity contribution in [1.29, 1.82) is 5.26 Å². The highest BCUT2D eigenvalue weighted by Crippen LogP contribution is 2.15. The topological polar surface area (TPSA) is 97.3 Å². The predicted octanol–water partition coefficient (Wildman–Crippen LogP) is 4.19. The summed E-state index contributed by atoms with van der Waals surface area (Å²) < 4.78 is 0. The molecule has 0 aliphatic heterocycles. The molecule has 0 bridgehead atoms. The van der Waals surface area contributed by atoms with E-state index in [1.807, 2.05) is 32.3 Å². The van der Waals surface area contributed by atoms with Gasteiger partial charge in [0.25, 0.3) is 5.91 Å². The Morgan fingerprint density at radius 1 is 0.875 bits per heavy atom. The molecular weight excluding hydrogens is 402 g/mol. The van der Waals surface area contributed by atoms with Crippen molar-refractivity contribution in [2.75, 3.05) is 24.7 Å². The van der Waals surface area contributed by atoms with Gasteiger partial charge in [0, 0.05) is 30.0 Å². The van der Waals surface area contributed by atoms with E-state index in [0.29, 0.717) is 29.0 Å². The normalized spacial score (nSPS) is 10.3. The fraction of sp³-hybridized carbons (Fsp3) is 0.160. The molecular formula is C25H25N5O2. The Bertz CT molecular complexity index is 1150. The van der Waals surface area contributed by atoms with E-state index in [9.17, 15) is 9.59 Å². The molecule has 0 fully saturated rings. The lowest BCUT2D eigenvalue weighted by atomic mass is 10.1. The molecule has 3 aromatic carbocycles. The molecule has 0 aliphatic rings. The van der Waals surface area contributed by atoms with Crippen molar-refractivity contribution in [3.63, 3.8) is 0 Å². The Labute approximate surface area is 187 Å². The largest absolute Gasteiger partial charge is 0.334 e. The van der Waals surface area contributed by atoms with Crippen molar-refractivity contribution in [2.45, 2.75) is 13.1 Å². The summed E-state index contributed by atoms with van der Waals surface area (Å²) in [5.41, 5.74) is 4.06. The molecule has 162 valence electrons. The zero-order valence-corrected chi connectivity index (χ0v) is 18.1. The van der Waals surface area contributed by atoms with E-state index in [1.54, 1.807) is 48.5 Å². The Kier molecular flexibility index (Phi) is 7.57. The van der Waals surface area contributed by atoms with Gasteiger partial charge >= 0.3 is 6.03 Å². The van der Waals surface area contributed by atoms with Crippen LogP contribution in [0.25, 0.3) is 0 Å². The van der Waals surface area contributed by atoms with Crippen molar-refractivity contribution in [2.24, 2.45) is 0 Å². The third-order valence-electron chi connectivity index (χ3n) is 4.58. The fourth-order valence-electron chi connectivity index (χ4n) is 3.17. The van der Waals surface area contributed by atoms with E-state index in [1.165, 1.54) is 5.56 Å². The number of hydrogen-bond donors (Lipinski definition) is 3. The first-order valence-electron chi connectivity index (χ1n) is 10.1. The molecule has 0 radical (unpaired) electrons. The smallest absolute Gasteiger partial charge is 0.319 e. The molecule has 0 heterocycles. The van der Waals surface area contributed by atoms with Crippen molar-refractivity contribution in [1.82, 2.24) is 10.2 Å². The Morgan fingerprint density at radius 3 is 2.31 bits per heavy atom. The zero-order valence-electron chi connectivity index (χ0n) is 18.1. The molecule has 3 N–H and O–H groups in total. The van der Waals surface area contributed by atoms with Gasteiger partial charge in [-0.05, 0) is 61.6 Å². The van der Waals surface area contributed by atoms with Crippen LogP contribution in [-0.2, 0) is 13.1 Å². The van der Waals surface area contributed by atoms with E-state index in [4.69, 9.17) is 5.26 Å². The number of nitrogens with one attached hydrogen (secondary N) is 3. The first-order chi connectivity index (χ1) is 15.4. The van der Waals surface area contributed by atoms with Gasteiger partial charge in [0.1, 0.15) is 0 Å². The Balaban J connectivity index is 1.57. The van der Waals surface area contributed by atoms with Crippen molar-refractivity contribution >= 4 is 23.3 Å². The summed E-state index contributed by atoms with van der Waals surface area (Å²) in [6.45, 7) is 1.22. The number of nitriles is 1. The maximum atomic E-state index is 12.5. The van der Waals surface area contributed by atoms with Crippen LogP contribution in [0.4, 0.5) is 16.2 Å². The second kappa shape index (κ2) is 10.8. The number of benzene rings is 3. The van der Waals surface area contributed by atoms with Gasteiger partial charge in [-0.2, -0.15) is 5.26 Å². The van der Waals surface area contributed by atoms with Crippen LogP contribution in [0.3, 0.4) is 0 Å². The number of rotatable bonds is 7. The van der Waals surface area contributed by atoms with Gasteiger partial charge in [-0.15, -0.1) is 0 Å². The lowest BCUT2D eigenvalue weighted by Crippen LogP contribution is -2.28. The SMILES string of the molecule is CN(C)Cc1cccc(CNC(=O)Nc2cccc(C(=O)Nc3cccc(C#N)c3)c2)c1. The molecule has 3 rings (SSSR count). The molecule has 3 amide bonds. The zero-order chi connectivity index (χ0) is 22.9. The van der Waals surface area contributed by atoms with Crippen LogP contribution in [0.15, 0.2) is 72.8 Å². The van der Waals surface area contributed by atoms with Crippen LogP contribution in [0, 0.1) is 11.3 Å². The number of carbonyl (C=O) groups is 2. The molecule has 3 aromatic rings. The molecule has 0 atom stereocenters. The average molecular weight is 428 g/mol. The summed E-state index contributed by atoms with van der Waals surface area (Å²) in [6, 6.07) is 23.1. The molecule has 7 heteroatoms. The number of urea groups is 1. The Hall–Kier alpha value is -4.15. The van der Waals surface area contributed by atoms with E-state index >= 15 is 0 Å². The summed E-state index contributed by atoms with van der Waals surface area (Å²) >= 11 is 0. The average Bonchev–Trinajstić information content (AvgIpc) is 2.78. The summed E-state index contributed by atoms with van der Waals surface area (Å²) in [5.74, 6) is -0.332. The van der Waals surface area contributed by atoms with Gasteiger partial charge in [-0.3, -0.25) is 4.79 Å². The quantitative estimate of drug-likeness (QED) is 0.527. The molecule has 0 aromatic heterocycles. The minimum atomic E-state index is -0.359. The van der Waals surface area contributed by atoms with Crippen LogP contribution < -0.4 is 16.0 Å². The van der Waals surface area contributed by atoms with Crippen molar-refractivity contribution in [3.8, 4) is 6.07 Å². The standard InChI is InChI=1S/C25H25N5O2/c1-30(2)17-20-8-3-7-19(12-20)16-27-25(32)29-23-11-5-9-21(14-23)24(31)28-22-10-4-6-18(13-22)15-26/h3-14H,16-17H2,1-2H3,(H,28,31)(H2,27,29,32). The highest BCUT2D eigenvalue weighted by molar-refractivity contribution is 6.05. The van der Waals surface area contributed by atoms with E-state index in [0.717, 1.165) is 12.1 Å². The van der Waals surface area contributed by atoms with E-state index in [2.05, 4.69) is 33.0 Å². The van der Waals surface area contributed by atoms with Gasteiger partial charge < -0.3 is 20.9 Å². The highest BCUT2D eigenvalue weighted by atomic mass is 16.2. The third-order valence-corrected chi connectivity index (χ3v) is 4.58. The van der Waals surface area contributed by atoms with Crippen LogP contribution in [-0.4, -0.2) is 30.9 Å². The maximum absolute atomic E-state index is 12.5. The van der Waals surface area contributed by atoms with Gasteiger partial charge in [0.05, 0.1) is 11.6 Å². The lowest BCUT2D eigenvalue weighted by Gasteiger charge is -2.12. The number of amides is 3. The Morgan fingerprint density at radius 2 is 1.56 bits per heavy atom. The second-order valence-corrected chi connectivity index (χ2v) is 7.59. The van der Waals surface area contributed by atoms with Crippen LogP contribution in [0.5, 0.6) is 0 Å². The second-order valence-electron chi connectivity index (χ2n) is 7.59. The molecule has 7 nitrogen and oxygen atoms in total. The molecule has 0 unspecified atom stereocenters. The van der Waals surface area contributed by atoms with Gasteiger partial charge in [0.2, 0.25) is 0 Å². The third kappa shape index (κ3) is 6.69. The number of carbonyl (C=O) groups excluding carboxylic acids is 2. The summed E-state index contributed by atoms with van der Waals surface area (Å²) in [7, 11) is 4.02. The first-order valence-corrected chi connectivity index (χ1v) is 10.1. The molecule has 0 saturated carbocycles. The van der Waals surface area contributed by atoms with Crippen molar-refractivity contribution in [3.05, 3.63) is 95.1 Å². The number of anilines is 2. The molecule has 0 spiro atoms. The predicted molar refractivity (Wildman–Crippen MR) is 125 cm³/mol. The first kappa shape index (κ1) is 22.5. The highest BCUT2D eigenvalue weighted by Gasteiger charge is 2.09. The number of nitrogens with zero attached hydrogens (tertiary/aromatic N) is 2. The molecule has 0 saturated heterocycles. The van der Waals surface area contributed by atoms with Gasteiger partial charge in [0.15, 0.2) is 0 Å². The molecule has 32 heavy (non-hydrogen) atoms. The minimum Gasteiger partial charge on any atom is -0.334 e. The fourth-order valence-corrected chi connectivity index (χ4v) is 3.17. The van der Waals surface area contributed by atoms with Gasteiger partial charge in [-0.25, -0.2) is 4.79 Å². The summed E-state index contributed by atoms with van der Waals surface area (Å²) in [4.78, 5) is 27.0. The summed E-state index contributed by atoms with van der Waals surface area (Å²) in [5, 5.41) is 17.3. The van der Waals surface area contributed by atoms with Crippen LogP contribution in [0.2, 0.25) is 0 Å². The minimum absolute atomic E-state index is 0.332. The van der Waals surface area contributed by atoms with Crippen LogP contribution in [0.1, 0.15) is 27.0 Å². The monoisotopic (exact) mass is 427 g/mol. The molecule has 0 aliphatic carbocycles. The lowest BCUT2D eigenvalue weighted by molar-refractivity contribution is 0.102. The van der Waals surface area contributed by atoms with E-state index < -0.39 is 0 Å². The van der Waals surface area contributed by atoms with E-state index in [-0.39, 0.29) is 11.9 Å². The summed E-state index contributed by atoms with van der Waals surface area (Å²) in [6.07, 6.45) is 0. The van der Waals surface area contributed by atoms with Crippen LogP contribution >= 0.6 is 0 Å². The van der Waals surface area contributed by atoms with Crippen molar-refractivity contribution < 1.29 is 9.59 Å². The van der Waals surface area contributed by atoms with Gasteiger partial charge in [-0.1, -0.05) is 36.4 Å². The maximum Gasteiger partial charge on any atom is 0.319 e. The number of hydrogen-bond acceptors (Lipinski definition) is 4.